The van der Waals surface area contributed by atoms with Gasteiger partial charge in [0.25, 0.3) is 0 Å². The topological polar surface area (TPSA) is 16.1 Å². The molecule has 1 unspecified atom stereocenters. The first-order valence-electron chi connectivity index (χ1n) is 17.4. The highest BCUT2D eigenvalue weighted by molar-refractivity contribution is 5.92. The number of anilines is 3. The summed E-state index contributed by atoms with van der Waals surface area (Å²) in [6.07, 6.45) is 4.09. The van der Waals surface area contributed by atoms with E-state index in [1.165, 1.54) is 67.0 Å². The number of para-hydroxylation sites is 1. The Bertz CT molecular complexity index is 2290. The molecular weight excluding hydrogens is 593 g/mol. The summed E-state index contributed by atoms with van der Waals surface area (Å²) >= 11 is 0. The van der Waals surface area contributed by atoms with Gasteiger partial charge in [-0.2, -0.15) is 0 Å². The molecule has 0 radical (unpaired) electrons. The molecule has 2 nitrogen and oxygen atoms in total. The van der Waals surface area contributed by atoms with Gasteiger partial charge < -0.3 is 4.90 Å². The minimum atomic E-state index is -0.232. The van der Waals surface area contributed by atoms with E-state index < -0.39 is 0 Å². The van der Waals surface area contributed by atoms with E-state index in [1.54, 1.807) is 0 Å². The molecule has 0 spiro atoms. The lowest BCUT2D eigenvalue weighted by molar-refractivity contribution is 0.630. The summed E-state index contributed by atoms with van der Waals surface area (Å²) in [5.74, 6) is 0.284. The predicted octanol–water partition coefficient (Wildman–Crippen LogP) is 12.3. The highest BCUT2D eigenvalue weighted by Crippen LogP contribution is 2.56. The van der Waals surface area contributed by atoms with Gasteiger partial charge in [-0.1, -0.05) is 153 Å². The fourth-order valence-corrected chi connectivity index (χ4v) is 8.35. The number of hydrogen-bond acceptors (Lipinski definition) is 2. The molecule has 236 valence electrons. The molecule has 1 aliphatic heterocycles. The van der Waals surface area contributed by atoms with Gasteiger partial charge in [0.05, 0.1) is 17.6 Å². The van der Waals surface area contributed by atoms with Gasteiger partial charge in [-0.05, 0) is 81.1 Å². The van der Waals surface area contributed by atoms with E-state index in [0.29, 0.717) is 0 Å². The molecule has 0 amide bonds. The average molecular weight is 631 g/mol. The van der Waals surface area contributed by atoms with Crippen molar-refractivity contribution in [1.82, 2.24) is 4.98 Å². The van der Waals surface area contributed by atoms with Gasteiger partial charge in [0, 0.05) is 28.3 Å². The molecule has 0 bridgehead atoms. The summed E-state index contributed by atoms with van der Waals surface area (Å²) in [6.45, 7) is 4.79. The number of aromatic nitrogens is 1. The molecule has 2 aliphatic rings. The summed E-state index contributed by atoms with van der Waals surface area (Å²) in [4.78, 5) is 7.75. The molecule has 2 heterocycles. The number of hydrogen-bond donors (Lipinski definition) is 0. The predicted molar refractivity (Wildman–Crippen MR) is 204 cm³/mol. The second kappa shape index (κ2) is 11.8. The van der Waals surface area contributed by atoms with Crippen LogP contribution in [0.2, 0.25) is 0 Å². The molecular formula is C47H38N2. The van der Waals surface area contributed by atoms with E-state index in [-0.39, 0.29) is 11.3 Å². The number of fused-ring (bicyclic) bond motifs is 6. The second-order valence-electron chi connectivity index (χ2n) is 13.9. The maximum atomic E-state index is 5.31. The first-order valence-corrected chi connectivity index (χ1v) is 17.4. The molecule has 9 rings (SSSR count). The fourth-order valence-electron chi connectivity index (χ4n) is 8.35. The maximum Gasteiger partial charge on any atom is 0.0692 e. The van der Waals surface area contributed by atoms with Gasteiger partial charge in [-0.25, -0.2) is 0 Å². The second-order valence-corrected chi connectivity index (χ2v) is 13.9. The van der Waals surface area contributed by atoms with Crippen molar-refractivity contribution in [3.05, 3.63) is 192 Å². The Morgan fingerprint density at radius 3 is 1.84 bits per heavy atom. The van der Waals surface area contributed by atoms with Crippen molar-refractivity contribution in [2.75, 3.05) is 4.90 Å². The zero-order valence-corrected chi connectivity index (χ0v) is 28.0. The summed E-state index contributed by atoms with van der Waals surface area (Å²) in [7, 11) is 0. The van der Waals surface area contributed by atoms with Gasteiger partial charge in [0.15, 0.2) is 0 Å². The molecule has 0 N–H and O–H groups in total. The lowest BCUT2D eigenvalue weighted by Crippen LogP contribution is -2.32. The third-order valence-corrected chi connectivity index (χ3v) is 10.7. The monoisotopic (exact) mass is 630 g/mol. The van der Waals surface area contributed by atoms with Crippen molar-refractivity contribution in [2.24, 2.45) is 0 Å². The molecule has 1 aromatic heterocycles. The minimum Gasteiger partial charge on any atom is -0.308 e. The Kier molecular flexibility index (Phi) is 7.05. The first kappa shape index (κ1) is 29.4. The lowest BCUT2D eigenvalue weighted by atomic mass is 9.70. The zero-order valence-electron chi connectivity index (χ0n) is 28.0. The Morgan fingerprint density at radius 1 is 0.571 bits per heavy atom. The van der Waals surface area contributed by atoms with Gasteiger partial charge in [-0.3, -0.25) is 4.98 Å². The van der Waals surface area contributed by atoms with Crippen LogP contribution >= 0.6 is 0 Å². The van der Waals surface area contributed by atoms with Crippen LogP contribution in [0.4, 0.5) is 17.1 Å². The van der Waals surface area contributed by atoms with E-state index in [2.05, 4.69) is 183 Å². The van der Waals surface area contributed by atoms with Crippen molar-refractivity contribution in [1.29, 1.82) is 0 Å². The Balaban J connectivity index is 1.20. The summed E-state index contributed by atoms with van der Waals surface area (Å²) in [6, 6.07) is 57.5. The summed E-state index contributed by atoms with van der Waals surface area (Å²) in [5, 5.41) is 0. The number of pyridine rings is 1. The molecule has 7 aromatic rings. The molecule has 1 aliphatic carbocycles. The first-order chi connectivity index (χ1) is 24.1. The normalized spacial score (nSPS) is 15.7. The maximum absolute atomic E-state index is 5.31. The average Bonchev–Trinajstić information content (AvgIpc) is 3.33. The minimum absolute atomic E-state index is 0.232. The van der Waals surface area contributed by atoms with E-state index in [0.717, 1.165) is 24.2 Å². The number of rotatable bonds is 4. The van der Waals surface area contributed by atoms with E-state index in [1.807, 2.05) is 0 Å². The molecule has 49 heavy (non-hydrogen) atoms. The molecule has 1 atom stereocenters. The van der Waals surface area contributed by atoms with Crippen LogP contribution in [-0.2, 0) is 11.8 Å². The standard InChI is InChI=1S/C47H38N2/c1-47(2)41-19-11-12-20-43(41)49(37-27-25-35(26-28-37)33-15-7-4-8-16-33)44-31-48-42-30-29-38(39-17-9-10-18-40(39)45(42)46(44)47)36-23-21-34(22-24-36)32-13-5-3-6-14-32/h3-28,31,38H,29-30H2,1-2H3. The van der Waals surface area contributed by atoms with Crippen molar-refractivity contribution in [3.8, 4) is 33.4 Å². The highest BCUT2D eigenvalue weighted by atomic mass is 15.2. The third kappa shape index (κ3) is 4.90. The highest BCUT2D eigenvalue weighted by Gasteiger charge is 2.41. The molecule has 2 heteroatoms. The van der Waals surface area contributed by atoms with Crippen LogP contribution in [0.1, 0.15) is 54.1 Å². The van der Waals surface area contributed by atoms with Crippen molar-refractivity contribution >= 4 is 17.1 Å². The fraction of sp³-hybridized carbons (Fsp3) is 0.128. The molecule has 0 saturated heterocycles. The summed E-state index contributed by atoms with van der Waals surface area (Å²) in [5.41, 5.74) is 17.5. The van der Waals surface area contributed by atoms with Crippen LogP contribution in [0.5, 0.6) is 0 Å². The Hall–Kier alpha value is -5.73. The largest absolute Gasteiger partial charge is 0.308 e. The Labute approximate surface area is 289 Å². The number of aryl methyl sites for hydroxylation is 1. The quantitative estimate of drug-likeness (QED) is 0.192. The number of benzene rings is 6. The smallest absolute Gasteiger partial charge is 0.0692 e. The van der Waals surface area contributed by atoms with E-state index in [4.69, 9.17) is 4.98 Å². The summed E-state index contributed by atoms with van der Waals surface area (Å²) < 4.78 is 0. The SMILES string of the molecule is CC1(C)c2ccccc2N(c2ccc(-c3ccccc3)cc2)c2cnc3c(c21)-c1ccccc1C(c1ccc(-c2ccccc2)cc1)CC3. The van der Waals surface area contributed by atoms with E-state index in [9.17, 15) is 0 Å². The Morgan fingerprint density at radius 2 is 1.14 bits per heavy atom. The van der Waals surface area contributed by atoms with E-state index >= 15 is 0 Å². The van der Waals surface area contributed by atoms with Crippen LogP contribution in [0.3, 0.4) is 0 Å². The van der Waals surface area contributed by atoms with Crippen molar-refractivity contribution < 1.29 is 0 Å². The van der Waals surface area contributed by atoms with Crippen LogP contribution < -0.4 is 4.90 Å². The van der Waals surface area contributed by atoms with Crippen LogP contribution in [0.15, 0.2) is 164 Å². The van der Waals surface area contributed by atoms with Gasteiger partial charge in [-0.15, -0.1) is 0 Å². The van der Waals surface area contributed by atoms with Gasteiger partial charge in [0.2, 0.25) is 0 Å². The van der Waals surface area contributed by atoms with Crippen LogP contribution in [0.25, 0.3) is 33.4 Å². The van der Waals surface area contributed by atoms with Gasteiger partial charge >= 0.3 is 0 Å². The zero-order chi connectivity index (χ0) is 33.0. The van der Waals surface area contributed by atoms with Crippen LogP contribution in [-0.4, -0.2) is 4.98 Å². The van der Waals surface area contributed by atoms with Crippen molar-refractivity contribution in [2.45, 2.75) is 38.0 Å². The third-order valence-electron chi connectivity index (χ3n) is 10.7. The lowest BCUT2D eigenvalue weighted by Gasteiger charge is -2.43. The van der Waals surface area contributed by atoms with Crippen molar-refractivity contribution in [3.63, 3.8) is 0 Å². The molecule has 0 fully saturated rings. The molecule has 6 aromatic carbocycles. The molecule has 0 saturated carbocycles. The van der Waals surface area contributed by atoms with Gasteiger partial charge in [0.1, 0.15) is 0 Å². The van der Waals surface area contributed by atoms with Crippen LogP contribution in [0, 0.1) is 0 Å². The number of nitrogens with zero attached hydrogens (tertiary/aromatic N) is 2.